The summed E-state index contributed by atoms with van der Waals surface area (Å²) in [7, 11) is 2.19. The lowest BCUT2D eigenvalue weighted by Crippen LogP contribution is -3.29. The second-order valence-corrected chi connectivity index (χ2v) is 6.49. The Morgan fingerprint density at radius 2 is 1.77 bits per heavy atom. The van der Waals surface area contributed by atoms with Crippen LogP contribution in [0, 0.1) is 0 Å². The Kier molecular flexibility index (Phi) is 4.55. The van der Waals surface area contributed by atoms with Gasteiger partial charge >= 0.3 is 0 Å². The smallest absolute Gasteiger partial charge is 0.288 e. The first-order valence-electron chi connectivity index (χ1n) is 8.19. The number of piperazine rings is 1. The largest absolute Gasteiger partial charge is 0.328 e. The number of rotatable bonds is 4. The normalized spacial score (nSPS) is 29.1. The van der Waals surface area contributed by atoms with Gasteiger partial charge in [0.15, 0.2) is 6.04 Å². The summed E-state index contributed by atoms with van der Waals surface area (Å²) in [5.41, 5.74) is 1.17. The molecule has 0 aromatic heterocycles. The molecule has 22 heavy (non-hydrogen) atoms. The van der Waals surface area contributed by atoms with E-state index in [9.17, 15) is 9.59 Å². The third-order valence-electron chi connectivity index (χ3n) is 4.95. The van der Waals surface area contributed by atoms with E-state index < -0.39 is 0 Å². The van der Waals surface area contributed by atoms with E-state index in [1.165, 1.54) is 20.3 Å². The van der Waals surface area contributed by atoms with Gasteiger partial charge < -0.3 is 9.80 Å². The quantitative estimate of drug-likeness (QED) is 0.619. The molecule has 2 saturated heterocycles. The van der Waals surface area contributed by atoms with Gasteiger partial charge in [-0.2, -0.15) is 0 Å². The highest BCUT2D eigenvalue weighted by atomic mass is 16.2. The van der Waals surface area contributed by atoms with Gasteiger partial charge in [0.25, 0.3) is 5.91 Å². The number of quaternary nitrogens is 2. The first kappa shape index (κ1) is 15.2. The Bertz CT molecular complexity index is 538. The molecule has 2 amide bonds. The summed E-state index contributed by atoms with van der Waals surface area (Å²) in [6.07, 6.45) is 1.13. The number of hydrogen-bond acceptors (Lipinski definition) is 2. The lowest BCUT2D eigenvalue weighted by Gasteiger charge is -2.30. The summed E-state index contributed by atoms with van der Waals surface area (Å²) >= 11 is 0. The molecule has 0 aliphatic carbocycles. The minimum absolute atomic E-state index is 0.00436. The fourth-order valence-corrected chi connectivity index (χ4v) is 3.47. The average molecular weight is 303 g/mol. The summed E-state index contributed by atoms with van der Waals surface area (Å²) in [6.45, 7) is 4.65. The van der Waals surface area contributed by atoms with Crippen LogP contribution in [0.2, 0.25) is 0 Å². The van der Waals surface area contributed by atoms with Crippen LogP contribution in [-0.4, -0.2) is 62.5 Å². The van der Waals surface area contributed by atoms with Crippen LogP contribution in [0.3, 0.4) is 0 Å². The predicted molar refractivity (Wildman–Crippen MR) is 82.6 cm³/mol. The van der Waals surface area contributed by atoms with Crippen molar-refractivity contribution in [2.24, 2.45) is 0 Å². The molecule has 2 fully saturated rings. The molecular weight excluding hydrogens is 278 g/mol. The van der Waals surface area contributed by atoms with Gasteiger partial charge in [-0.25, -0.2) is 0 Å². The van der Waals surface area contributed by atoms with Crippen LogP contribution in [0.5, 0.6) is 0 Å². The summed E-state index contributed by atoms with van der Waals surface area (Å²) in [6, 6.07) is 9.89. The number of benzene rings is 1. The molecule has 2 heterocycles. The zero-order valence-corrected chi connectivity index (χ0v) is 13.2. The molecule has 1 aromatic rings. The Hall–Kier alpha value is -1.72. The third kappa shape index (κ3) is 3.20. The number of likely N-dealkylation sites (tertiary alicyclic amines) is 1. The number of nitrogens with one attached hydrogen (secondary N) is 2. The minimum atomic E-state index is -0.142. The summed E-state index contributed by atoms with van der Waals surface area (Å²) in [4.78, 5) is 29.1. The Labute approximate surface area is 131 Å². The number of carbonyl (C=O) groups excluding carboxylic acids is 2. The van der Waals surface area contributed by atoms with Gasteiger partial charge in [0.2, 0.25) is 5.91 Å². The predicted octanol–water partition coefficient (Wildman–Crippen LogP) is -2.23. The Balaban J connectivity index is 1.59. The number of likely N-dealkylation sites (N-methyl/N-ethyl adjacent to an activating group) is 1. The second kappa shape index (κ2) is 6.58. The van der Waals surface area contributed by atoms with E-state index in [1.54, 1.807) is 0 Å². The fourth-order valence-electron chi connectivity index (χ4n) is 3.47. The van der Waals surface area contributed by atoms with Crippen LogP contribution in [0.4, 0.5) is 0 Å². The lowest BCUT2D eigenvalue weighted by atomic mass is 10.1. The van der Waals surface area contributed by atoms with Gasteiger partial charge in [0.1, 0.15) is 26.2 Å². The van der Waals surface area contributed by atoms with Gasteiger partial charge in [-0.1, -0.05) is 30.3 Å². The highest BCUT2D eigenvalue weighted by Crippen LogP contribution is 2.12. The number of nitrogens with zero attached hydrogens (tertiary/aromatic N) is 1. The van der Waals surface area contributed by atoms with Gasteiger partial charge in [-0.15, -0.1) is 0 Å². The third-order valence-corrected chi connectivity index (χ3v) is 4.95. The van der Waals surface area contributed by atoms with Crippen LogP contribution in [-0.2, 0) is 16.0 Å². The molecule has 2 aliphatic rings. The molecule has 1 aromatic carbocycles. The fraction of sp³-hybridized carbons (Fsp3) is 0.529. The molecule has 1 atom stereocenters. The van der Waals surface area contributed by atoms with Crippen molar-refractivity contribution in [3.63, 3.8) is 0 Å². The van der Waals surface area contributed by atoms with Crippen LogP contribution in [0.25, 0.3) is 0 Å². The van der Waals surface area contributed by atoms with Crippen molar-refractivity contribution in [3.05, 3.63) is 35.9 Å². The van der Waals surface area contributed by atoms with Gasteiger partial charge in [-0.3, -0.25) is 14.5 Å². The van der Waals surface area contributed by atoms with Crippen molar-refractivity contribution in [2.45, 2.75) is 18.9 Å². The Morgan fingerprint density at radius 1 is 1.09 bits per heavy atom. The van der Waals surface area contributed by atoms with Gasteiger partial charge in [0.05, 0.1) is 13.5 Å². The van der Waals surface area contributed by atoms with Crippen molar-refractivity contribution < 1.29 is 19.4 Å². The maximum atomic E-state index is 12.6. The first-order chi connectivity index (χ1) is 10.6. The van der Waals surface area contributed by atoms with Crippen LogP contribution in [0.1, 0.15) is 12.0 Å². The van der Waals surface area contributed by atoms with Gasteiger partial charge in [-0.05, 0) is 12.0 Å². The standard InChI is InChI=1S/C17H23N3O2/c1-18-9-11-19(12-10-18)15-13-16(21)20(17(15)22)8-7-14-5-3-2-4-6-14/h2-6,15H,7-13H2,1H3/p+2. The van der Waals surface area contributed by atoms with E-state index in [2.05, 4.69) is 7.05 Å². The molecule has 0 saturated carbocycles. The first-order valence-corrected chi connectivity index (χ1v) is 8.19. The van der Waals surface area contributed by atoms with E-state index >= 15 is 0 Å². The highest BCUT2D eigenvalue weighted by Gasteiger charge is 2.45. The second-order valence-electron chi connectivity index (χ2n) is 6.49. The number of amides is 2. The molecule has 5 nitrogen and oxygen atoms in total. The molecule has 5 heteroatoms. The van der Waals surface area contributed by atoms with Crippen LogP contribution >= 0.6 is 0 Å². The van der Waals surface area contributed by atoms with Crippen LogP contribution in [0.15, 0.2) is 30.3 Å². The molecule has 0 bridgehead atoms. The highest BCUT2D eigenvalue weighted by molar-refractivity contribution is 6.04. The monoisotopic (exact) mass is 303 g/mol. The molecule has 3 rings (SSSR count). The van der Waals surface area contributed by atoms with E-state index in [-0.39, 0.29) is 17.9 Å². The van der Waals surface area contributed by atoms with E-state index in [4.69, 9.17) is 0 Å². The zero-order chi connectivity index (χ0) is 15.5. The minimum Gasteiger partial charge on any atom is -0.328 e. The molecular formula is C17H25N3O2+2. The molecule has 0 spiro atoms. The molecule has 118 valence electrons. The lowest BCUT2D eigenvalue weighted by molar-refractivity contribution is -1.01. The Morgan fingerprint density at radius 3 is 2.45 bits per heavy atom. The van der Waals surface area contributed by atoms with Crippen molar-refractivity contribution in [1.29, 1.82) is 0 Å². The van der Waals surface area contributed by atoms with E-state index in [0.29, 0.717) is 13.0 Å². The molecule has 2 aliphatic heterocycles. The van der Waals surface area contributed by atoms with Crippen molar-refractivity contribution in [1.82, 2.24) is 4.90 Å². The average Bonchev–Trinajstić information content (AvgIpc) is 2.82. The van der Waals surface area contributed by atoms with Crippen molar-refractivity contribution in [3.8, 4) is 0 Å². The zero-order valence-electron chi connectivity index (χ0n) is 13.2. The van der Waals surface area contributed by atoms with Crippen molar-refractivity contribution >= 4 is 11.8 Å². The summed E-state index contributed by atoms with van der Waals surface area (Å²) in [5, 5.41) is 0. The maximum absolute atomic E-state index is 12.6. The molecule has 1 unspecified atom stereocenters. The number of imide groups is 1. The van der Waals surface area contributed by atoms with Crippen molar-refractivity contribution in [2.75, 3.05) is 39.8 Å². The molecule has 0 radical (unpaired) electrons. The van der Waals surface area contributed by atoms with Crippen LogP contribution < -0.4 is 9.80 Å². The topological polar surface area (TPSA) is 46.3 Å². The van der Waals surface area contributed by atoms with Gasteiger partial charge in [0, 0.05) is 6.54 Å². The summed E-state index contributed by atoms with van der Waals surface area (Å²) < 4.78 is 0. The number of carbonyl (C=O) groups is 2. The maximum Gasteiger partial charge on any atom is 0.288 e. The summed E-state index contributed by atoms with van der Waals surface area (Å²) in [5.74, 6) is 0.0418. The molecule has 2 N–H and O–H groups in total. The van der Waals surface area contributed by atoms with E-state index in [0.717, 1.165) is 32.6 Å². The van der Waals surface area contributed by atoms with E-state index in [1.807, 2.05) is 30.3 Å². The SMILES string of the molecule is C[NH+]1CC[NH+](C2CC(=O)N(CCc3ccccc3)C2=O)CC1. The number of hydrogen-bond donors (Lipinski definition) is 2.